The number of allylic oxidation sites excluding steroid dienone is 1. The van der Waals surface area contributed by atoms with E-state index >= 15 is 0 Å². The van der Waals surface area contributed by atoms with E-state index in [4.69, 9.17) is 4.74 Å². The summed E-state index contributed by atoms with van der Waals surface area (Å²) in [5, 5.41) is 24.4. The topological polar surface area (TPSA) is 114 Å². The molecule has 0 fully saturated rings. The molecule has 0 bridgehead atoms. The number of cyclic esters (lactones) is 1. The average molecular weight is 506 g/mol. The summed E-state index contributed by atoms with van der Waals surface area (Å²) in [5.41, 5.74) is 1.25. The van der Waals surface area contributed by atoms with Crippen molar-refractivity contribution in [3.8, 4) is 0 Å². The number of aliphatic hydroxyl groups is 2. The minimum atomic E-state index is -1.31. The van der Waals surface area contributed by atoms with Gasteiger partial charge in [0.2, 0.25) is 0 Å². The fourth-order valence-corrected chi connectivity index (χ4v) is 4.78. The van der Waals surface area contributed by atoms with Gasteiger partial charge >= 0.3 is 5.97 Å². The maximum absolute atomic E-state index is 13.2. The summed E-state index contributed by atoms with van der Waals surface area (Å²) in [7, 11) is 0. The van der Waals surface area contributed by atoms with Crippen molar-refractivity contribution in [1.29, 1.82) is 0 Å². The number of aryl methyl sites for hydroxylation is 1. The van der Waals surface area contributed by atoms with E-state index in [1.807, 2.05) is 38.3 Å². The molecular formula is C27H39NO6S. The van der Waals surface area contributed by atoms with Gasteiger partial charge in [-0.1, -0.05) is 39.3 Å². The minimum absolute atomic E-state index is 0.117. The van der Waals surface area contributed by atoms with Gasteiger partial charge in [-0.05, 0) is 38.8 Å². The van der Waals surface area contributed by atoms with Crippen LogP contribution in [0.4, 0.5) is 0 Å². The predicted octanol–water partition coefficient (Wildman–Crippen LogP) is 4.45. The summed E-state index contributed by atoms with van der Waals surface area (Å²) < 4.78 is 5.76. The van der Waals surface area contributed by atoms with Crippen molar-refractivity contribution in [2.75, 3.05) is 0 Å². The summed E-state index contributed by atoms with van der Waals surface area (Å²) in [6, 6.07) is 0. The van der Waals surface area contributed by atoms with Crippen molar-refractivity contribution in [3.05, 3.63) is 33.3 Å². The molecule has 8 heteroatoms. The maximum atomic E-state index is 13.2. The minimum Gasteiger partial charge on any atom is -0.457 e. The van der Waals surface area contributed by atoms with E-state index in [1.165, 1.54) is 11.3 Å². The predicted molar refractivity (Wildman–Crippen MR) is 137 cm³/mol. The number of nitrogens with zero attached hydrogens (tertiary/aromatic N) is 1. The largest absolute Gasteiger partial charge is 0.457 e. The zero-order valence-electron chi connectivity index (χ0n) is 21.8. The first-order chi connectivity index (χ1) is 16.2. The Morgan fingerprint density at radius 3 is 2.40 bits per heavy atom. The van der Waals surface area contributed by atoms with Crippen LogP contribution in [0.5, 0.6) is 0 Å². The quantitative estimate of drug-likeness (QED) is 0.451. The number of rotatable bonds is 2. The van der Waals surface area contributed by atoms with Crippen molar-refractivity contribution in [2.24, 2.45) is 17.3 Å². The van der Waals surface area contributed by atoms with Gasteiger partial charge in [-0.3, -0.25) is 14.4 Å². The fraction of sp³-hybridized carbons (Fsp3) is 0.630. The van der Waals surface area contributed by atoms with Crippen LogP contribution in [-0.4, -0.2) is 51.0 Å². The molecule has 194 valence electrons. The Hall–Kier alpha value is -2.16. The van der Waals surface area contributed by atoms with Gasteiger partial charge in [0.15, 0.2) is 0 Å². The summed E-state index contributed by atoms with van der Waals surface area (Å²) in [4.78, 5) is 43.2. The van der Waals surface area contributed by atoms with Gasteiger partial charge in [0.1, 0.15) is 17.7 Å². The maximum Gasteiger partial charge on any atom is 0.309 e. The second-order valence-corrected chi connectivity index (χ2v) is 11.3. The SMILES string of the molecule is CC1=CC[C@@H](C(C)=Cc2csc(C)n2)OC(=O)C[C@H](O)C(C)(C)C(=O)[C@H](C)[C@@H](O)[C@@H](C)C(=O)CC1. The molecule has 7 nitrogen and oxygen atoms in total. The summed E-state index contributed by atoms with van der Waals surface area (Å²) in [5.74, 6) is -2.72. The fourth-order valence-electron chi connectivity index (χ4n) is 4.21. The van der Waals surface area contributed by atoms with Crippen LogP contribution in [0.15, 0.2) is 22.6 Å². The molecule has 5 atom stereocenters. The van der Waals surface area contributed by atoms with E-state index in [-0.39, 0.29) is 18.6 Å². The van der Waals surface area contributed by atoms with Crippen LogP contribution in [0.3, 0.4) is 0 Å². The van der Waals surface area contributed by atoms with E-state index in [1.54, 1.807) is 27.7 Å². The number of ether oxygens (including phenoxy) is 1. The number of hydrogen-bond acceptors (Lipinski definition) is 8. The molecule has 0 spiro atoms. The van der Waals surface area contributed by atoms with E-state index in [0.717, 1.165) is 21.8 Å². The highest BCUT2D eigenvalue weighted by Gasteiger charge is 2.43. The van der Waals surface area contributed by atoms with E-state index in [2.05, 4.69) is 4.98 Å². The molecule has 0 aliphatic carbocycles. The number of Topliss-reactive ketones (excluding diaryl/α,β-unsaturated/α-hetero) is 2. The molecule has 0 saturated carbocycles. The highest BCUT2D eigenvalue weighted by molar-refractivity contribution is 7.09. The van der Waals surface area contributed by atoms with Gasteiger partial charge in [-0.15, -0.1) is 11.3 Å². The number of ketones is 2. The number of aliphatic hydroxyl groups excluding tert-OH is 2. The molecule has 2 heterocycles. The number of hydrogen-bond donors (Lipinski definition) is 2. The number of carbonyl (C=O) groups is 3. The molecule has 0 radical (unpaired) electrons. The number of aromatic nitrogens is 1. The molecule has 0 aromatic carbocycles. The second kappa shape index (κ2) is 12.2. The van der Waals surface area contributed by atoms with Gasteiger partial charge in [0.05, 0.1) is 34.7 Å². The lowest BCUT2D eigenvalue weighted by Gasteiger charge is -2.34. The number of esters is 1. The van der Waals surface area contributed by atoms with Gasteiger partial charge in [-0.25, -0.2) is 4.98 Å². The van der Waals surface area contributed by atoms with Crippen molar-refractivity contribution in [3.63, 3.8) is 0 Å². The summed E-state index contributed by atoms with van der Waals surface area (Å²) in [6.07, 6.45) is 1.58. The molecule has 1 aliphatic rings. The van der Waals surface area contributed by atoms with Gasteiger partial charge in [0.25, 0.3) is 0 Å². The third kappa shape index (κ3) is 7.66. The summed E-state index contributed by atoms with van der Waals surface area (Å²) in [6.45, 7) is 12.0. The molecule has 0 saturated heterocycles. The Balaban J connectivity index is 2.38. The second-order valence-electron chi connectivity index (χ2n) is 10.3. The number of carbonyl (C=O) groups excluding carboxylic acids is 3. The zero-order valence-corrected chi connectivity index (χ0v) is 22.6. The molecule has 1 aromatic heterocycles. The standard InChI is InChI=1S/C27H39NO6S/c1-15-8-10-21(29)17(3)25(32)18(4)26(33)27(6,7)23(30)13-24(31)34-22(11-9-15)16(2)12-20-14-35-19(5)28-20/h9,12,14,17-18,22-23,25,30,32H,8,10-11,13H2,1-7H3/t17-,18+,22-,23-,25-/m0/s1. The Morgan fingerprint density at radius 1 is 1.14 bits per heavy atom. The van der Waals surface area contributed by atoms with Crippen molar-refractivity contribution >= 4 is 34.9 Å². The Labute approximate surface area is 212 Å². The van der Waals surface area contributed by atoms with Crippen LogP contribution in [0, 0.1) is 24.2 Å². The van der Waals surface area contributed by atoms with Gasteiger partial charge < -0.3 is 14.9 Å². The van der Waals surface area contributed by atoms with E-state index < -0.39 is 47.3 Å². The summed E-state index contributed by atoms with van der Waals surface area (Å²) >= 11 is 1.53. The van der Waals surface area contributed by atoms with Gasteiger partial charge in [-0.2, -0.15) is 0 Å². The Kier molecular flexibility index (Phi) is 10.1. The highest BCUT2D eigenvalue weighted by atomic mass is 32.1. The molecule has 0 amide bonds. The Bertz CT molecular complexity index is 992. The lowest BCUT2D eigenvalue weighted by atomic mass is 9.73. The Morgan fingerprint density at radius 2 is 1.80 bits per heavy atom. The lowest BCUT2D eigenvalue weighted by molar-refractivity contribution is -0.154. The highest BCUT2D eigenvalue weighted by Crippen LogP contribution is 2.32. The van der Waals surface area contributed by atoms with Crippen molar-refractivity contribution in [1.82, 2.24) is 4.98 Å². The average Bonchev–Trinajstić information content (AvgIpc) is 3.21. The molecule has 35 heavy (non-hydrogen) atoms. The monoisotopic (exact) mass is 505 g/mol. The smallest absolute Gasteiger partial charge is 0.309 e. The molecule has 2 N–H and O–H groups in total. The third-order valence-electron chi connectivity index (χ3n) is 7.01. The number of thiazole rings is 1. The van der Waals surface area contributed by atoms with Crippen LogP contribution in [0.2, 0.25) is 0 Å². The van der Waals surface area contributed by atoms with Crippen molar-refractivity contribution in [2.45, 2.75) is 92.5 Å². The van der Waals surface area contributed by atoms with E-state index in [9.17, 15) is 24.6 Å². The van der Waals surface area contributed by atoms with E-state index in [0.29, 0.717) is 12.8 Å². The molecule has 1 aromatic rings. The van der Waals surface area contributed by atoms with Crippen molar-refractivity contribution < 1.29 is 29.3 Å². The van der Waals surface area contributed by atoms with Crippen LogP contribution < -0.4 is 0 Å². The molecule has 2 rings (SSSR count). The normalized spacial score (nSPS) is 30.1. The third-order valence-corrected chi connectivity index (χ3v) is 7.81. The lowest BCUT2D eigenvalue weighted by Crippen LogP contribution is -2.46. The first-order valence-electron chi connectivity index (χ1n) is 12.1. The molecule has 0 unspecified atom stereocenters. The van der Waals surface area contributed by atoms with Crippen LogP contribution in [0.1, 0.15) is 77.9 Å². The zero-order chi connectivity index (χ0) is 26.5. The first-order valence-corrected chi connectivity index (χ1v) is 13.0. The first kappa shape index (κ1) is 29.1. The molecular weight excluding hydrogens is 466 g/mol. The van der Waals surface area contributed by atoms with Gasteiger partial charge in [0, 0.05) is 30.1 Å². The molecule has 1 aliphatic heterocycles. The van der Waals surface area contributed by atoms with Crippen LogP contribution >= 0.6 is 11.3 Å². The van der Waals surface area contributed by atoms with Crippen LogP contribution in [-0.2, 0) is 19.1 Å². The van der Waals surface area contributed by atoms with Crippen LogP contribution in [0.25, 0.3) is 6.08 Å².